The first-order valence-corrected chi connectivity index (χ1v) is 12.2. The van der Waals surface area contributed by atoms with Crippen molar-refractivity contribution in [2.45, 2.75) is 38.2 Å². The van der Waals surface area contributed by atoms with Crippen LogP contribution in [-0.2, 0) is 34.0 Å². The number of nitrogens with one attached hydrogen (secondary N) is 2. The van der Waals surface area contributed by atoms with Crippen molar-refractivity contribution in [3.05, 3.63) is 46.3 Å². The number of ether oxygens (including phenoxy) is 1. The Labute approximate surface area is 218 Å². The average molecular weight is 524 g/mol. The van der Waals surface area contributed by atoms with E-state index in [0.29, 0.717) is 37.6 Å². The summed E-state index contributed by atoms with van der Waals surface area (Å²) in [4.78, 5) is 40.0. The topological polar surface area (TPSA) is 152 Å². The molecule has 0 aliphatic carbocycles. The summed E-state index contributed by atoms with van der Waals surface area (Å²) >= 11 is 0. The number of piperidine rings is 1. The zero-order chi connectivity index (χ0) is 27.2. The molecule has 3 aliphatic rings. The fourth-order valence-corrected chi connectivity index (χ4v) is 5.04. The molecule has 2 fully saturated rings. The van der Waals surface area contributed by atoms with Crippen LogP contribution in [-0.4, -0.2) is 82.7 Å². The van der Waals surface area contributed by atoms with E-state index in [0.717, 1.165) is 4.90 Å². The molecule has 2 aromatic carbocycles. The zero-order valence-corrected chi connectivity index (χ0v) is 20.4. The third kappa shape index (κ3) is 4.36. The van der Waals surface area contributed by atoms with E-state index in [2.05, 4.69) is 10.6 Å². The van der Waals surface area contributed by atoms with Gasteiger partial charge in [-0.25, -0.2) is 4.39 Å². The van der Waals surface area contributed by atoms with Crippen LogP contribution in [0.3, 0.4) is 0 Å². The minimum Gasteiger partial charge on any atom is -0.508 e. The number of nitrogens with zero attached hydrogens (tertiary/aromatic N) is 2. The highest BCUT2D eigenvalue weighted by Crippen LogP contribution is 2.37. The standard InChI is InChI=1S/C25H26BFN4O7/c26-19-21(33)14(20(27)16(22(19)34)11-30-6-8-38-9-7-30)10-28-17-3-1-2-13-15(17)12-31(23(13)35)25(37)5-4-18(32)29-24(25)36/h1-3,28,33-34,37H,4-12H2,(H,29,32,36). The highest BCUT2D eigenvalue weighted by Gasteiger charge is 2.51. The molecule has 5 rings (SSSR count). The summed E-state index contributed by atoms with van der Waals surface area (Å²) in [6.07, 6.45) is -0.362. The Balaban J connectivity index is 1.40. The van der Waals surface area contributed by atoms with Crippen LogP contribution in [0.5, 0.6) is 11.5 Å². The molecule has 11 nitrogen and oxygen atoms in total. The van der Waals surface area contributed by atoms with Gasteiger partial charge in [0.2, 0.25) is 11.6 Å². The van der Waals surface area contributed by atoms with Crippen molar-refractivity contribution in [2.24, 2.45) is 0 Å². The maximum absolute atomic E-state index is 15.6. The molecule has 13 heteroatoms. The second-order valence-electron chi connectivity index (χ2n) is 9.54. The number of amides is 3. The van der Waals surface area contributed by atoms with E-state index in [1.54, 1.807) is 12.1 Å². The summed E-state index contributed by atoms with van der Waals surface area (Å²) in [6.45, 7) is 1.76. The number of hydrogen-bond donors (Lipinski definition) is 5. The smallest absolute Gasteiger partial charge is 0.279 e. The highest BCUT2D eigenvalue weighted by atomic mass is 19.1. The van der Waals surface area contributed by atoms with E-state index in [9.17, 15) is 29.7 Å². The molecule has 1 atom stereocenters. The lowest BCUT2D eigenvalue weighted by atomic mass is 9.88. The zero-order valence-electron chi connectivity index (χ0n) is 20.4. The molecule has 2 aromatic rings. The van der Waals surface area contributed by atoms with Gasteiger partial charge in [0, 0.05) is 67.0 Å². The lowest BCUT2D eigenvalue weighted by Crippen LogP contribution is -2.63. The normalized spacial score (nSPS) is 21.9. The van der Waals surface area contributed by atoms with E-state index in [-0.39, 0.29) is 54.6 Å². The molecule has 0 saturated carbocycles. The monoisotopic (exact) mass is 524 g/mol. The summed E-state index contributed by atoms with van der Waals surface area (Å²) in [5.41, 5.74) is -1.64. The van der Waals surface area contributed by atoms with Crippen LogP contribution in [0.2, 0.25) is 0 Å². The van der Waals surface area contributed by atoms with E-state index in [1.165, 1.54) is 6.07 Å². The minimum absolute atomic E-state index is 0.0428. The molecule has 3 amide bonds. The van der Waals surface area contributed by atoms with Gasteiger partial charge in [0.1, 0.15) is 25.2 Å². The van der Waals surface area contributed by atoms with E-state index in [1.807, 2.05) is 4.90 Å². The molecule has 2 radical (unpaired) electrons. The summed E-state index contributed by atoms with van der Waals surface area (Å²) in [6, 6.07) is 4.76. The number of aliphatic hydroxyl groups is 1. The van der Waals surface area contributed by atoms with Crippen molar-refractivity contribution < 1.29 is 38.8 Å². The van der Waals surface area contributed by atoms with Crippen molar-refractivity contribution in [2.75, 3.05) is 31.6 Å². The number of rotatable bonds is 6. The van der Waals surface area contributed by atoms with E-state index < -0.39 is 40.8 Å². The number of halogens is 1. The maximum Gasteiger partial charge on any atom is 0.279 e. The van der Waals surface area contributed by atoms with Crippen LogP contribution in [0.25, 0.3) is 0 Å². The van der Waals surface area contributed by atoms with Crippen LogP contribution in [0.4, 0.5) is 10.1 Å². The van der Waals surface area contributed by atoms with Gasteiger partial charge in [0.15, 0.2) is 0 Å². The summed E-state index contributed by atoms with van der Waals surface area (Å²) in [5, 5.41) is 37.0. The van der Waals surface area contributed by atoms with Gasteiger partial charge in [-0.15, -0.1) is 0 Å². The summed E-state index contributed by atoms with van der Waals surface area (Å²) in [5.74, 6) is -4.02. The van der Waals surface area contributed by atoms with Gasteiger partial charge in [-0.3, -0.25) is 29.5 Å². The largest absolute Gasteiger partial charge is 0.508 e. The Bertz CT molecular complexity index is 1330. The average Bonchev–Trinajstić information content (AvgIpc) is 3.26. The van der Waals surface area contributed by atoms with Gasteiger partial charge in [-0.2, -0.15) is 0 Å². The second kappa shape index (κ2) is 9.89. The molecule has 3 heterocycles. The molecule has 198 valence electrons. The number of carbonyl (C=O) groups excluding carboxylic acids is 3. The van der Waals surface area contributed by atoms with Crippen LogP contribution in [0.15, 0.2) is 18.2 Å². The molecular weight excluding hydrogens is 498 g/mol. The van der Waals surface area contributed by atoms with E-state index in [4.69, 9.17) is 12.6 Å². The van der Waals surface area contributed by atoms with Crippen LogP contribution in [0, 0.1) is 5.82 Å². The Kier molecular flexibility index (Phi) is 6.76. The molecular formula is C25H26BFN4O7. The number of carbonyl (C=O) groups is 3. The lowest BCUT2D eigenvalue weighted by Gasteiger charge is -2.37. The van der Waals surface area contributed by atoms with Crippen LogP contribution >= 0.6 is 0 Å². The number of anilines is 1. The number of fused-ring (bicyclic) bond motifs is 1. The van der Waals surface area contributed by atoms with Crippen molar-refractivity contribution in [1.82, 2.24) is 15.1 Å². The minimum atomic E-state index is -2.19. The van der Waals surface area contributed by atoms with Crippen molar-refractivity contribution in [3.8, 4) is 11.5 Å². The molecule has 38 heavy (non-hydrogen) atoms. The number of imide groups is 1. The van der Waals surface area contributed by atoms with E-state index >= 15 is 4.39 Å². The fourth-order valence-electron chi connectivity index (χ4n) is 5.04. The highest BCUT2D eigenvalue weighted by molar-refractivity contribution is 6.36. The van der Waals surface area contributed by atoms with Crippen molar-refractivity contribution >= 4 is 36.7 Å². The fraction of sp³-hybridized carbons (Fsp3) is 0.400. The number of hydrogen-bond acceptors (Lipinski definition) is 9. The SMILES string of the molecule is [B]c1c(O)c(CNc2cccc3c2CN(C2(O)CCC(=O)NC2=O)C3=O)c(F)c(CN2CCOCC2)c1O. The lowest BCUT2D eigenvalue weighted by molar-refractivity contribution is -0.167. The second-order valence-corrected chi connectivity index (χ2v) is 9.54. The van der Waals surface area contributed by atoms with Crippen LogP contribution < -0.4 is 16.1 Å². The predicted molar refractivity (Wildman–Crippen MR) is 132 cm³/mol. The Morgan fingerprint density at radius 1 is 1.13 bits per heavy atom. The molecule has 5 N–H and O–H groups in total. The number of benzene rings is 2. The first-order chi connectivity index (χ1) is 18.1. The quantitative estimate of drug-likeness (QED) is 0.250. The van der Waals surface area contributed by atoms with Gasteiger partial charge in [0.25, 0.3) is 11.8 Å². The van der Waals surface area contributed by atoms with Crippen LogP contribution in [0.1, 0.15) is 39.9 Å². The van der Waals surface area contributed by atoms with Crippen molar-refractivity contribution in [3.63, 3.8) is 0 Å². The third-order valence-corrected chi connectivity index (χ3v) is 7.28. The van der Waals surface area contributed by atoms with Gasteiger partial charge in [0.05, 0.1) is 19.8 Å². The summed E-state index contributed by atoms with van der Waals surface area (Å²) < 4.78 is 20.9. The number of phenolic OH excluding ortho intramolecular Hbond substituents is 2. The molecule has 0 aromatic heterocycles. The van der Waals surface area contributed by atoms with Gasteiger partial charge in [-0.05, 0) is 17.6 Å². The maximum atomic E-state index is 15.6. The predicted octanol–water partition coefficient (Wildman–Crippen LogP) is -0.444. The molecule has 0 spiro atoms. The first kappa shape index (κ1) is 26.0. The molecule has 3 aliphatic heterocycles. The Morgan fingerprint density at radius 3 is 2.55 bits per heavy atom. The molecule has 0 bridgehead atoms. The summed E-state index contributed by atoms with van der Waals surface area (Å²) in [7, 11) is 5.89. The van der Waals surface area contributed by atoms with Gasteiger partial charge < -0.3 is 25.4 Å². The first-order valence-electron chi connectivity index (χ1n) is 12.2. The molecule has 1 unspecified atom stereocenters. The number of aromatic hydroxyl groups is 2. The van der Waals surface area contributed by atoms with Gasteiger partial charge in [-0.1, -0.05) is 6.07 Å². The Hall–Kier alpha value is -3.68. The Morgan fingerprint density at radius 2 is 1.84 bits per heavy atom. The number of morpholine rings is 1. The number of phenols is 2. The molecule has 2 saturated heterocycles. The van der Waals surface area contributed by atoms with Crippen molar-refractivity contribution in [1.29, 1.82) is 0 Å². The van der Waals surface area contributed by atoms with Gasteiger partial charge >= 0.3 is 0 Å². The third-order valence-electron chi connectivity index (χ3n) is 7.28.